The zero-order chi connectivity index (χ0) is 15.8. The van der Waals surface area contributed by atoms with E-state index >= 15 is 0 Å². The fourth-order valence-corrected chi connectivity index (χ4v) is 1.75. The minimum atomic E-state index is -0.261. The number of rotatable bonds is 7. The van der Waals surface area contributed by atoms with Crippen molar-refractivity contribution in [1.29, 1.82) is 0 Å². The lowest BCUT2D eigenvalue weighted by molar-refractivity contribution is -0.118. The molecule has 1 amide bonds. The monoisotopic (exact) mass is 317 g/mol. The topological polar surface area (TPSA) is 63.2 Å². The van der Waals surface area contributed by atoms with Gasteiger partial charge in [0.25, 0.3) is 5.91 Å². The van der Waals surface area contributed by atoms with Gasteiger partial charge >= 0.3 is 0 Å². The van der Waals surface area contributed by atoms with Crippen LogP contribution < -0.4 is 15.4 Å². The number of carbonyl (C=O) groups is 1. The summed E-state index contributed by atoms with van der Waals surface area (Å²) in [5, 5.41) is 6.37. The highest BCUT2D eigenvalue weighted by atomic mass is 35.5. The number of amides is 1. The van der Waals surface area contributed by atoms with Crippen LogP contribution >= 0.6 is 11.6 Å². The number of carbonyl (C=O) groups excluding carboxylic acids is 1. The van der Waals surface area contributed by atoms with E-state index in [1.807, 2.05) is 0 Å². The molecule has 0 aliphatic rings. The molecule has 2 N–H and O–H groups in total. The van der Waals surface area contributed by atoms with Gasteiger partial charge in [0.1, 0.15) is 11.6 Å². The first-order valence-corrected chi connectivity index (χ1v) is 7.04. The molecule has 0 fully saturated rings. The Balaban J connectivity index is 1.81. The molecular formula is C16H16ClN3O2. The molecule has 5 nitrogen and oxygen atoms in total. The van der Waals surface area contributed by atoms with Crippen molar-refractivity contribution in [3.8, 4) is 5.75 Å². The van der Waals surface area contributed by atoms with Crippen LogP contribution in [-0.2, 0) is 4.79 Å². The van der Waals surface area contributed by atoms with Crippen LogP contribution in [0.5, 0.6) is 5.75 Å². The molecule has 0 unspecified atom stereocenters. The van der Waals surface area contributed by atoms with Crippen LogP contribution in [0.25, 0.3) is 0 Å². The van der Waals surface area contributed by atoms with Gasteiger partial charge in [0.05, 0.1) is 11.9 Å². The predicted octanol–water partition coefficient (Wildman–Crippen LogP) is 3.35. The maximum Gasteiger partial charge on any atom is 0.262 e. The summed E-state index contributed by atoms with van der Waals surface area (Å²) in [4.78, 5) is 16.0. The number of benzene rings is 1. The first-order chi connectivity index (χ1) is 10.7. The molecule has 0 saturated carbocycles. The average molecular weight is 318 g/mol. The summed E-state index contributed by atoms with van der Waals surface area (Å²) in [6, 6.07) is 10.4. The molecule has 1 aromatic carbocycles. The second-order valence-corrected chi connectivity index (χ2v) is 4.83. The van der Waals surface area contributed by atoms with Crippen LogP contribution in [0.2, 0.25) is 5.02 Å². The van der Waals surface area contributed by atoms with E-state index in [1.165, 1.54) is 0 Å². The molecule has 1 heterocycles. The van der Waals surface area contributed by atoms with E-state index in [9.17, 15) is 4.79 Å². The van der Waals surface area contributed by atoms with Crippen molar-refractivity contribution in [1.82, 2.24) is 4.98 Å². The van der Waals surface area contributed by atoms with Gasteiger partial charge in [-0.3, -0.25) is 4.79 Å². The van der Waals surface area contributed by atoms with Crippen molar-refractivity contribution >= 4 is 29.0 Å². The highest BCUT2D eigenvalue weighted by Gasteiger charge is 2.04. The summed E-state index contributed by atoms with van der Waals surface area (Å²) in [5.41, 5.74) is 0.605. The SMILES string of the molecule is C=CCNc1ccc(NC(=O)COc2ccc(Cl)cc2)cn1. The number of nitrogens with zero attached hydrogens (tertiary/aromatic N) is 1. The van der Waals surface area contributed by atoms with Crippen LogP contribution in [0.4, 0.5) is 11.5 Å². The van der Waals surface area contributed by atoms with E-state index in [2.05, 4.69) is 22.2 Å². The Morgan fingerprint density at radius 2 is 2.05 bits per heavy atom. The number of hydrogen-bond donors (Lipinski definition) is 2. The zero-order valence-electron chi connectivity index (χ0n) is 11.9. The van der Waals surface area contributed by atoms with E-state index in [4.69, 9.17) is 16.3 Å². The number of aromatic nitrogens is 1. The van der Waals surface area contributed by atoms with Crippen molar-refractivity contribution in [2.45, 2.75) is 0 Å². The second-order valence-electron chi connectivity index (χ2n) is 4.39. The van der Waals surface area contributed by atoms with Gasteiger partial charge in [0.15, 0.2) is 6.61 Å². The Labute approximate surface area is 134 Å². The molecule has 22 heavy (non-hydrogen) atoms. The van der Waals surface area contributed by atoms with Crippen molar-refractivity contribution in [2.24, 2.45) is 0 Å². The first-order valence-electron chi connectivity index (χ1n) is 6.66. The van der Waals surface area contributed by atoms with Gasteiger partial charge < -0.3 is 15.4 Å². The molecule has 0 saturated heterocycles. The lowest BCUT2D eigenvalue weighted by atomic mass is 10.3. The van der Waals surface area contributed by atoms with Crippen LogP contribution in [0.15, 0.2) is 55.3 Å². The Morgan fingerprint density at radius 3 is 2.68 bits per heavy atom. The number of hydrogen-bond acceptors (Lipinski definition) is 4. The summed E-state index contributed by atoms with van der Waals surface area (Å²) in [7, 11) is 0. The lowest BCUT2D eigenvalue weighted by Crippen LogP contribution is -2.20. The standard InChI is InChI=1S/C16H16ClN3O2/c1-2-9-18-15-8-5-13(10-19-15)20-16(21)11-22-14-6-3-12(17)4-7-14/h2-8,10H,1,9,11H2,(H,18,19)(H,20,21). The summed E-state index contributed by atoms with van der Waals surface area (Å²) in [5.74, 6) is 1.04. The maximum absolute atomic E-state index is 11.8. The van der Waals surface area contributed by atoms with Crippen LogP contribution in [-0.4, -0.2) is 24.0 Å². The van der Waals surface area contributed by atoms with Gasteiger partial charge in [0, 0.05) is 11.6 Å². The number of halogens is 1. The van der Waals surface area contributed by atoms with E-state index in [0.717, 1.165) is 5.82 Å². The fraction of sp³-hybridized carbons (Fsp3) is 0.125. The highest BCUT2D eigenvalue weighted by molar-refractivity contribution is 6.30. The van der Waals surface area contributed by atoms with Gasteiger partial charge in [0.2, 0.25) is 0 Å². The number of ether oxygens (including phenoxy) is 1. The van der Waals surface area contributed by atoms with Crippen molar-refractivity contribution < 1.29 is 9.53 Å². The maximum atomic E-state index is 11.8. The molecule has 114 valence electrons. The van der Waals surface area contributed by atoms with Crippen LogP contribution in [0.1, 0.15) is 0 Å². The summed E-state index contributed by atoms with van der Waals surface area (Å²) >= 11 is 5.77. The average Bonchev–Trinajstić information content (AvgIpc) is 2.54. The third-order valence-electron chi connectivity index (χ3n) is 2.66. The van der Waals surface area contributed by atoms with Crippen molar-refractivity contribution in [3.05, 3.63) is 60.3 Å². The molecule has 0 aliphatic carbocycles. The number of nitrogens with one attached hydrogen (secondary N) is 2. The van der Waals surface area contributed by atoms with E-state index in [1.54, 1.807) is 48.7 Å². The zero-order valence-corrected chi connectivity index (χ0v) is 12.6. The predicted molar refractivity (Wildman–Crippen MR) is 88.5 cm³/mol. The molecule has 1 aromatic heterocycles. The lowest BCUT2D eigenvalue weighted by Gasteiger charge is -2.08. The van der Waals surface area contributed by atoms with Crippen LogP contribution in [0, 0.1) is 0 Å². The summed E-state index contributed by atoms with van der Waals surface area (Å²) in [6.45, 7) is 4.16. The summed E-state index contributed by atoms with van der Waals surface area (Å²) < 4.78 is 5.36. The number of pyridine rings is 1. The van der Waals surface area contributed by atoms with Gasteiger partial charge in [-0.2, -0.15) is 0 Å². The number of anilines is 2. The molecule has 0 atom stereocenters. The molecule has 0 radical (unpaired) electrons. The highest BCUT2D eigenvalue weighted by Crippen LogP contribution is 2.15. The van der Waals surface area contributed by atoms with Crippen molar-refractivity contribution in [3.63, 3.8) is 0 Å². The van der Waals surface area contributed by atoms with Crippen LogP contribution in [0.3, 0.4) is 0 Å². The van der Waals surface area contributed by atoms with E-state index < -0.39 is 0 Å². The van der Waals surface area contributed by atoms with Gasteiger partial charge in [-0.1, -0.05) is 17.7 Å². The molecule has 0 spiro atoms. The fourth-order valence-electron chi connectivity index (χ4n) is 1.63. The third-order valence-corrected chi connectivity index (χ3v) is 2.91. The smallest absolute Gasteiger partial charge is 0.262 e. The molecule has 2 aromatic rings. The second kappa shape index (κ2) is 8.05. The molecule has 6 heteroatoms. The Hall–Kier alpha value is -2.53. The van der Waals surface area contributed by atoms with E-state index in [-0.39, 0.29) is 12.5 Å². The molecule has 2 rings (SSSR count). The Kier molecular flexibility index (Phi) is 5.80. The normalized spacial score (nSPS) is 9.86. The quantitative estimate of drug-likeness (QED) is 0.769. The molecule has 0 bridgehead atoms. The van der Waals surface area contributed by atoms with Gasteiger partial charge in [-0.05, 0) is 36.4 Å². The van der Waals surface area contributed by atoms with E-state index in [0.29, 0.717) is 23.0 Å². The molecular weight excluding hydrogens is 302 g/mol. The first kappa shape index (κ1) is 15.9. The van der Waals surface area contributed by atoms with Gasteiger partial charge in [-0.25, -0.2) is 4.98 Å². The summed E-state index contributed by atoms with van der Waals surface area (Å²) in [6.07, 6.45) is 3.32. The minimum Gasteiger partial charge on any atom is -0.484 e. The third kappa shape index (κ3) is 5.10. The Bertz CT molecular complexity index is 627. The van der Waals surface area contributed by atoms with Gasteiger partial charge in [-0.15, -0.1) is 6.58 Å². The largest absolute Gasteiger partial charge is 0.484 e. The minimum absolute atomic E-state index is 0.0852. The Morgan fingerprint density at radius 1 is 1.27 bits per heavy atom. The van der Waals surface area contributed by atoms with Crippen molar-refractivity contribution in [2.75, 3.05) is 23.8 Å². The molecule has 0 aliphatic heterocycles.